The van der Waals surface area contributed by atoms with Gasteiger partial charge >= 0.3 is 6.18 Å². The quantitative estimate of drug-likeness (QED) is 0.885. The van der Waals surface area contributed by atoms with Crippen LogP contribution < -0.4 is 5.32 Å². The van der Waals surface area contributed by atoms with Crippen molar-refractivity contribution < 1.29 is 27.9 Å². The lowest BCUT2D eigenvalue weighted by molar-refractivity contribution is -0.137. The van der Waals surface area contributed by atoms with Gasteiger partial charge < -0.3 is 15.3 Å². The van der Waals surface area contributed by atoms with E-state index in [9.17, 15) is 27.9 Å². The number of amides is 2. The molecule has 2 unspecified atom stereocenters. The first-order valence-electron chi connectivity index (χ1n) is 7.55. The predicted molar refractivity (Wildman–Crippen MR) is 81.4 cm³/mol. The van der Waals surface area contributed by atoms with Gasteiger partial charge in [0.15, 0.2) is 0 Å². The molecule has 8 heteroatoms. The largest absolute Gasteiger partial charge is 0.416 e. The molecule has 2 amide bonds. The van der Waals surface area contributed by atoms with Crippen LogP contribution in [0.15, 0.2) is 18.2 Å². The Morgan fingerprint density at radius 1 is 1.33 bits per heavy atom. The second kappa shape index (κ2) is 6.80. The van der Waals surface area contributed by atoms with Gasteiger partial charge in [0, 0.05) is 37.2 Å². The lowest BCUT2D eigenvalue weighted by Gasteiger charge is -2.19. The summed E-state index contributed by atoms with van der Waals surface area (Å²) in [4.78, 5) is 25.0. The second-order valence-corrected chi connectivity index (χ2v) is 6.02. The van der Waals surface area contributed by atoms with Gasteiger partial charge in [-0.25, -0.2) is 0 Å². The Hall–Kier alpha value is -2.09. The summed E-state index contributed by atoms with van der Waals surface area (Å²) in [6.45, 7) is 3.47. The third-order valence-electron chi connectivity index (χ3n) is 4.02. The second-order valence-electron chi connectivity index (χ2n) is 6.02. The topological polar surface area (TPSA) is 69.6 Å². The molecule has 132 valence electrons. The molecule has 1 aliphatic rings. The molecule has 1 aromatic rings. The summed E-state index contributed by atoms with van der Waals surface area (Å²) in [5.41, 5.74) is -1.21. The molecule has 0 aliphatic carbocycles. The first kappa shape index (κ1) is 18.3. The lowest BCUT2D eigenvalue weighted by Crippen LogP contribution is -2.30. The van der Waals surface area contributed by atoms with Crippen molar-refractivity contribution in [2.75, 3.05) is 18.4 Å². The SMILES string of the molecule is CC(=O)Nc1cc(C(=O)N2CCC(C(C)O)C2)cc(C(F)(F)F)c1. The number of carbonyl (C=O) groups is 2. The van der Waals surface area contributed by atoms with Gasteiger partial charge in [-0.15, -0.1) is 0 Å². The maximum Gasteiger partial charge on any atom is 0.416 e. The number of rotatable bonds is 3. The highest BCUT2D eigenvalue weighted by Gasteiger charge is 2.34. The van der Waals surface area contributed by atoms with Crippen LogP contribution in [-0.4, -0.2) is 41.0 Å². The van der Waals surface area contributed by atoms with E-state index < -0.39 is 29.7 Å². The zero-order valence-electron chi connectivity index (χ0n) is 13.4. The Labute approximate surface area is 137 Å². The summed E-state index contributed by atoms with van der Waals surface area (Å²) in [6, 6.07) is 2.80. The van der Waals surface area contributed by atoms with Crippen molar-refractivity contribution in [2.45, 2.75) is 32.5 Å². The van der Waals surface area contributed by atoms with Gasteiger partial charge in [-0.3, -0.25) is 9.59 Å². The highest BCUT2D eigenvalue weighted by molar-refractivity contribution is 5.97. The minimum Gasteiger partial charge on any atom is -0.393 e. The highest BCUT2D eigenvalue weighted by atomic mass is 19.4. The third kappa shape index (κ3) is 4.25. The number of nitrogens with one attached hydrogen (secondary N) is 1. The molecule has 0 saturated carbocycles. The Morgan fingerprint density at radius 2 is 2.00 bits per heavy atom. The van der Waals surface area contributed by atoms with Gasteiger partial charge in [0.05, 0.1) is 11.7 Å². The van der Waals surface area contributed by atoms with Crippen molar-refractivity contribution in [3.8, 4) is 0 Å². The molecule has 2 atom stereocenters. The average molecular weight is 344 g/mol. The smallest absolute Gasteiger partial charge is 0.393 e. The normalized spacial score (nSPS) is 19.2. The van der Waals surface area contributed by atoms with E-state index in [0.717, 1.165) is 12.1 Å². The number of aliphatic hydroxyl groups excluding tert-OH is 1. The zero-order chi connectivity index (χ0) is 18.1. The van der Waals surface area contributed by atoms with Gasteiger partial charge in [0.2, 0.25) is 5.91 Å². The number of hydrogen-bond acceptors (Lipinski definition) is 3. The molecule has 1 aromatic carbocycles. The van der Waals surface area contributed by atoms with E-state index >= 15 is 0 Å². The van der Waals surface area contributed by atoms with Gasteiger partial charge in [0.1, 0.15) is 0 Å². The van der Waals surface area contributed by atoms with Crippen molar-refractivity contribution in [3.05, 3.63) is 29.3 Å². The minimum absolute atomic E-state index is 0.0769. The van der Waals surface area contributed by atoms with E-state index in [1.165, 1.54) is 17.9 Å². The molecule has 1 heterocycles. The van der Waals surface area contributed by atoms with Crippen molar-refractivity contribution in [1.29, 1.82) is 0 Å². The molecular formula is C16H19F3N2O3. The van der Waals surface area contributed by atoms with E-state index in [0.29, 0.717) is 19.5 Å². The summed E-state index contributed by atoms with van der Waals surface area (Å²) in [6.07, 6.45) is -4.61. The van der Waals surface area contributed by atoms with Crippen LogP contribution in [0.4, 0.5) is 18.9 Å². The van der Waals surface area contributed by atoms with Crippen LogP contribution in [0.2, 0.25) is 0 Å². The van der Waals surface area contributed by atoms with Crippen molar-refractivity contribution in [2.24, 2.45) is 5.92 Å². The molecule has 1 aliphatic heterocycles. The van der Waals surface area contributed by atoms with Crippen LogP contribution in [0.3, 0.4) is 0 Å². The van der Waals surface area contributed by atoms with Crippen LogP contribution in [0.1, 0.15) is 36.2 Å². The number of anilines is 1. The third-order valence-corrected chi connectivity index (χ3v) is 4.02. The molecule has 0 aromatic heterocycles. The molecule has 5 nitrogen and oxygen atoms in total. The number of nitrogens with zero attached hydrogens (tertiary/aromatic N) is 1. The maximum absolute atomic E-state index is 13.0. The maximum atomic E-state index is 13.0. The average Bonchev–Trinajstić information content (AvgIpc) is 2.94. The standard InChI is InChI=1S/C16H19F3N2O3/c1-9(22)11-3-4-21(8-11)15(24)12-5-13(16(17,18)19)7-14(6-12)20-10(2)23/h5-7,9,11,22H,3-4,8H2,1-2H3,(H,20,23). The van der Waals surface area contributed by atoms with Gasteiger partial charge in [0.25, 0.3) is 5.91 Å². The van der Waals surface area contributed by atoms with Crippen LogP contribution >= 0.6 is 0 Å². The summed E-state index contributed by atoms with van der Waals surface area (Å²) < 4.78 is 39.1. The van der Waals surface area contributed by atoms with Crippen LogP contribution in [0.25, 0.3) is 0 Å². The van der Waals surface area contributed by atoms with Crippen molar-refractivity contribution in [1.82, 2.24) is 4.90 Å². The number of carbonyl (C=O) groups excluding carboxylic acids is 2. The van der Waals surface area contributed by atoms with E-state index in [2.05, 4.69) is 5.32 Å². The Balaban J connectivity index is 2.31. The summed E-state index contributed by atoms with van der Waals surface area (Å²) >= 11 is 0. The number of likely N-dealkylation sites (tertiary alicyclic amines) is 1. The number of aliphatic hydroxyl groups is 1. The van der Waals surface area contributed by atoms with Crippen LogP contribution in [0, 0.1) is 5.92 Å². The van der Waals surface area contributed by atoms with Crippen LogP contribution in [-0.2, 0) is 11.0 Å². The summed E-state index contributed by atoms with van der Waals surface area (Å²) in [5.74, 6) is -1.16. The monoisotopic (exact) mass is 344 g/mol. The van der Waals surface area contributed by atoms with E-state index in [-0.39, 0.29) is 17.2 Å². The fraction of sp³-hybridized carbons (Fsp3) is 0.500. The number of hydrogen-bond donors (Lipinski definition) is 2. The molecule has 1 saturated heterocycles. The van der Waals surface area contributed by atoms with Crippen LogP contribution in [0.5, 0.6) is 0 Å². The molecule has 1 fully saturated rings. The fourth-order valence-electron chi connectivity index (χ4n) is 2.74. The molecule has 0 spiro atoms. The molecule has 0 bridgehead atoms. The Kier molecular flexibility index (Phi) is 5.17. The summed E-state index contributed by atoms with van der Waals surface area (Å²) in [5, 5.41) is 11.9. The van der Waals surface area contributed by atoms with Gasteiger partial charge in [-0.05, 0) is 31.5 Å². The van der Waals surface area contributed by atoms with E-state index in [4.69, 9.17) is 0 Å². The number of alkyl halides is 3. The van der Waals surface area contributed by atoms with Crippen molar-refractivity contribution in [3.63, 3.8) is 0 Å². The van der Waals surface area contributed by atoms with Gasteiger partial charge in [-0.2, -0.15) is 13.2 Å². The minimum atomic E-state index is -4.63. The molecule has 2 N–H and O–H groups in total. The van der Waals surface area contributed by atoms with Gasteiger partial charge in [-0.1, -0.05) is 0 Å². The molecule has 2 rings (SSSR count). The van der Waals surface area contributed by atoms with E-state index in [1.807, 2.05) is 0 Å². The first-order chi connectivity index (χ1) is 11.1. The predicted octanol–water partition coefficient (Wildman–Crippen LogP) is 2.51. The van der Waals surface area contributed by atoms with E-state index in [1.54, 1.807) is 6.92 Å². The zero-order valence-corrected chi connectivity index (χ0v) is 13.4. The first-order valence-corrected chi connectivity index (χ1v) is 7.55. The Bertz CT molecular complexity index is 644. The number of halogens is 3. The molecule has 0 radical (unpaired) electrons. The number of benzene rings is 1. The lowest BCUT2D eigenvalue weighted by atomic mass is 10.0. The molecule has 24 heavy (non-hydrogen) atoms. The Morgan fingerprint density at radius 3 is 2.50 bits per heavy atom. The fourth-order valence-corrected chi connectivity index (χ4v) is 2.74. The van der Waals surface area contributed by atoms with Crippen molar-refractivity contribution >= 4 is 17.5 Å². The highest BCUT2D eigenvalue weighted by Crippen LogP contribution is 2.33. The molecular weight excluding hydrogens is 325 g/mol. The summed E-state index contributed by atoms with van der Waals surface area (Å²) in [7, 11) is 0.